The fourth-order valence-electron chi connectivity index (χ4n) is 4.02. The van der Waals surface area contributed by atoms with E-state index < -0.39 is 0 Å². The smallest absolute Gasteiger partial charge is 0.317 e. The molecular weight excluding hydrogens is 413 g/mol. The molecule has 1 aromatic carbocycles. The number of urea groups is 1. The first-order valence-electron chi connectivity index (χ1n) is 10.4. The number of amides is 2. The van der Waals surface area contributed by atoms with Crippen LogP contribution in [0.2, 0.25) is 0 Å². The summed E-state index contributed by atoms with van der Waals surface area (Å²) in [7, 11) is 1.63. The molecule has 9 nitrogen and oxygen atoms in total. The molecule has 3 aromatic heterocycles. The standard InChI is InChI=1S/C22H22FN7O2/c1-24-21(31)29-10-2-3-16(13-29)26-20-25-9-8-17(27-20)19-18(14-4-6-15(23)7-5-14)28-22-30(19)11-12-32-22/h4-9,11-12,16H,2-3,10,13H2,1H3,(H,24,31)(H,25,26,27). The summed E-state index contributed by atoms with van der Waals surface area (Å²) >= 11 is 0. The molecule has 1 aliphatic rings. The summed E-state index contributed by atoms with van der Waals surface area (Å²) in [6.45, 7) is 1.31. The Balaban J connectivity index is 1.47. The summed E-state index contributed by atoms with van der Waals surface area (Å²) in [6.07, 6.45) is 6.81. The number of halogens is 1. The molecule has 0 radical (unpaired) electrons. The van der Waals surface area contributed by atoms with E-state index in [2.05, 4.69) is 20.6 Å². The minimum Gasteiger partial charge on any atom is -0.432 e. The molecule has 5 rings (SSSR count). The highest BCUT2D eigenvalue weighted by Gasteiger charge is 2.24. The van der Waals surface area contributed by atoms with Crippen molar-refractivity contribution < 1.29 is 13.6 Å². The third kappa shape index (κ3) is 3.75. The number of aromatic nitrogens is 4. The van der Waals surface area contributed by atoms with Crippen LogP contribution in [0.25, 0.3) is 28.5 Å². The zero-order valence-corrected chi connectivity index (χ0v) is 17.5. The predicted octanol–water partition coefficient (Wildman–Crippen LogP) is 3.41. The van der Waals surface area contributed by atoms with Crippen molar-refractivity contribution in [2.45, 2.75) is 18.9 Å². The van der Waals surface area contributed by atoms with Gasteiger partial charge < -0.3 is 20.0 Å². The summed E-state index contributed by atoms with van der Waals surface area (Å²) in [4.78, 5) is 27.4. The monoisotopic (exact) mass is 435 g/mol. The van der Waals surface area contributed by atoms with Crippen LogP contribution in [0.5, 0.6) is 0 Å². The molecule has 164 valence electrons. The molecule has 1 aliphatic heterocycles. The van der Waals surface area contributed by atoms with Crippen LogP contribution < -0.4 is 10.6 Å². The molecule has 0 aliphatic carbocycles. The number of likely N-dealkylation sites (tertiary alicyclic amines) is 1. The van der Waals surface area contributed by atoms with Crippen molar-refractivity contribution in [3.05, 3.63) is 54.8 Å². The highest BCUT2D eigenvalue weighted by atomic mass is 19.1. The van der Waals surface area contributed by atoms with E-state index in [4.69, 9.17) is 9.40 Å². The van der Waals surface area contributed by atoms with Crippen LogP contribution in [0.4, 0.5) is 15.1 Å². The molecule has 4 aromatic rings. The SMILES string of the molecule is CNC(=O)N1CCCC(Nc2nccc(-c3c(-c4ccc(F)cc4)nc4occn34)n2)C1. The van der Waals surface area contributed by atoms with Crippen LogP contribution >= 0.6 is 0 Å². The maximum Gasteiger partial charge on any atom is 0.317 e. The zero-order valence-electron chi connectivity index (χ0n) is 17.5. The highest BCUT2D eigenvalue weighted by molar-refractivity contribution is 5.79. The van der Waals surface area contributed by atoms with Crippen molar-refractivity contribution in [3.63, 3.8) is 0 Å². The molecule has 1 fully saturated rings. The number of benzene rings is 1. The quantitative estimate of drug-likeness (QED) is 0.510. The number of anilines is 1. The summed E-state index contributed by atoms with van der Waals surface area (Å²) in [5, 5.41) is 6.03. The lowest BCUT2D eigenvalue weighted by molar-refractivity contribution is 0.184. The number of fused-ring (bicyclic) bond motifs is 1. The van der Waals surface area contributed by atoms with Crippen molar-refractivity contribution in [1.82, 2.24) is 29.6 Å². The third-order valence-corrected chi connectivity index (χ3v) is 5.53. The van der Waals surface area contributed by atoms with Crippen LogP contribution in [0, 0.1) is 5.82 Å². The number of nitrogens with zero attached hydrogens (tertiary/aromatic N) is 5. The van der Waals surface area contributed by atoms with Crippen LogP contribution in [0.15, 0.2) is 53.4 Å². The summed E-state index contributed by atoms with van der Waals surface area (Å²) in [5.74, 6) is 0.570. The lowest BCUT2D eigenvalue weighted by Gasteiger charge is -2.32. The van der Waals surface area contributed by atoms with E-state index in [9.17, 15) is 9.18 Å². The highest BCUT2D eigenvalue weighted by Crippen LogP contribution is 2.32. The van der Waals surface area contributed by atoms with Crippen molar-refractivity contribution in [3.8, 4) is 22.6 Å². The Hall–Kier alpha value is -3.95. The zero-order chi connectivity index (χ0) is 22.1. The summed E-state index contributed by atoms with van der Waals surface area (Å²) in [5.41, 5.74) is 2.76. The van der Waals surface area contributed by atoms with Crippen molar-refractivity contribution in [2.24, 2.45) is 0 Å². The Kier molecular flexibility index (Phi) is 5.18. The molecule has 1 atom stereocenters. The number of nitrogens with one attached hydrogen (secondary N) is 2. The second-order valence-electron chi connectivity index (χ2n) is 7.62. The van der Waals surface area contributed by atoms with Gasteiger partial charge in [-0.2, -0.15) is 4.98 Å². The normalized spacial score (nSPS) is 16.3. The van der Waals surface area contributed by atoms with Crippen molar-refractivity contribution in [1.29, 1.82) is 0 Å². The second kappa shape index (κ2) is 8.29. The Morgan fingerprint density at radius 3 is 2.88 bits per heavy atom. The topological polar surface area (TPSA) is 101 Å². The number of rotatable bonds is 4. The minimum atomic E-state index is -0.315. The van der Waals surface area contributed by atoms with Gasteiger partial charge in [-0.1, -0.05) is 0 Å². The van der Waals surface area contributed by atoms with Crippen LogP contribution in [-0.4, -0.2) is 56.5 Å². The molecular formula is C22H22FN7O2. The van der Waals surface area contributed by atoms with Crippen molar-refractivity contribution >= 4 is 17.8 Å². The first-order valence-corrected chi connectivity index (χ1v) is 10.4. The Morgan fingerprint density at radius 1 is 1.22 bits per heavy atom. The van der Waals surface area contributed by atoms with Crippen LogP contribution in [0.3, 0.4) is 0 Å². The maximum absolute atomic E-state index is 13.4. The maximum atomic E-state index is 13.4. The molecule has 10 heteroatoms. The molecule has 0 bridgehead atoms. The van der Waals surface area contributed by atoms with E-state index >= 15 is 0 Å². The van der Waals surface area contributed by atoms with E-state index in [1.165, 1.54) is 12.1 Å². The number of imidazole rings is 1. The van der Waals surface area contributed by atoms with E-state index in [1.807, 2.05) is 0 Å². The van der Waals surface area contributed by atoms with Crippen LogP contribution in [0.1, 0.15) is 12.8 Å². The molecule has 2 N–H and O–H groups in total. The van der Waals surface area contributed by atoms with E-state index in [0.717, 1.165) is 30.6 Å². The average molecular weight is 435 g/mol. The third-order valence-electron chi connectivity index (χ3n) is 5.53. The average Bonchev–Trinajstić information content (AvgIpc) is 3.41. The van der Waals surface area contributed by atoms with Gasteiger partial charge in [0.25, 0.3) is 0 Å². The van der Waals surface area contributed by atoms with Gasteiger partial charge in [-0.05, 0) is 43.2 Å². The molecule has 32 heavy (non-hydrogen) atoms. The Bertz CT molecular complexity index is 1250. The molecule has 4 heterocycles. The number of carbonyl (C=O) groups is 1. The first-order chi connectivity index (χ1) is 15.6. The lowest BCUT2D eigenvalue weighted by atomic mass is 10.1. The minimum absolute atomic E-state index is 0.0484. The van der Waals surface area contributed by atoms with Gasteiger partial charge in [-0.25, -0.2) is 19.2 Å². The van der Waals surface area contributed by atoms with Gasteiger partial charge in [0, 0.05) is 44.1 Å². The fourth-order valence-corrected chi connectivity index (χ4v) is 4.02. The predicted molar refractivity (Wildman–Crippen MR) is 117 cm³/mol. The van der Waals surface area contributed by atoms with Gasteiger partial charge in [-0.3, -0.25) is 4.40 Å². The number of hydrogen-bond donors (Lipinski definition) is 2. The van der Waals surface area contributed by atoms with E-state index in [0.29, 0.717) is 29.7 Å². The van der Waals surface area contributed by atoms with Gasteiger partial charge >= 0.3 is 11.9 Å². The largest absolute Gasteiger partial charge is 0.432 e. The molecule has 2 amide bonds. The van der Waals surface area contributed by atoms with Gasteiger partial charge in [0.15, 0.2) is 0 Å². The number of carbonyl (C=O) groups excluding carboxylic acids is 1. The summed E-state index contributed by atoms with van der Waals surface area (Å²) < 4.78 is 20.7. The molecule has 1 unspecified atom stereocenters. The van der Waals surface area contributed by atoms with Gasteiger partial charge in [0.2, 0.25) is 5.95 Å². The van der Waals surface area contributed by atoms with Crippen LogP contribution in [-0.2, 0) is 0 Å². The molecule has 1 saturated heterocycles. The number of hydrogen-bond acceptors (Lipinski definition) is 6. The van der Waals surface area contributed by atoms with E-state index in [-0.39, 0.29) is 17.9 Å². The first kappa shape index (κ1) is 20.0. The number of oxazole rings is 1. The van der Waals surface area contributed by atoms with E-state index in [1.54, 1.807) is 53.2 Å². The van der Waals surface area contributed by atoms with Crippen molar-refractivity contribution in [2.75, 3.05) is 25.5 Å². The summed E-state index contributed by atoms with van der Waals surface area (Å²) in [6, 6.07) is 7.91. The Labute approximate surface area is 183 Å². The fraction of sp³-hybridized carbons (Fsp3) is 0.273. The lowest BCUT2D eigenvalue weighted by Crippen LogP contribution is -2.48. The molecule has 0 spiro atoms. The van der Waals surface area contributed by atoms with Gasteiger partial charge in [0.1, 0.15) is 23.5 Å². The Morgan fingerprint density at radius 2 is 2.06 bits per heavy atom. The second-order valence-corrected chi connectivity index (χ2v) is 7.62. The van der Waals surface area contributed by atoms with Gasteiger partial charge in [0.05, 0.1) is 5.69 Å². The van der Waals surface area contributed by atoms with Gasteiger partial charge in [-0.15, -0.1) is 0 Å². The molecule has 0 saturated carbocycles. The number of piperidine rings is 1.